The molecule has 1 aliphatic heterocycles. The third kappa shape index (κ3) is 3.33. The van der Waals surface area contributed by atoms with Crippen molar-refractivity contribution < 1.29 is 4.79 Å². The molecule has 1 aliphatic rings. The molecule has 1 saturated heterocycles. The number of nitrogens with zero attached hydrogens (tertiary/aromatic N) is 2. The molecule has 1 aromatic heterocycles. The molecular weight excluding hydrogens is 246 g/mol. The molecule has 1 fully saturated rings. The van der Waals surface area contributed by atoms with Gasteiger partial charge in [-0.1, -0.05) is 13.8 Å². The normalized spacial score (nSPS) is 23.4. The van der Waals surface area contributed by atoms with E-state index in [0.717, 1.165) is 30.3 Å². The highest BCUT2D eigenvalue weighted by molar-refractivity contribution is 5.76. The monoisotopic (exact) mass is 265 g/mol. The highest BCUT2D eigenvalue weighted by atomic mass is 16.2. The molecule has 0 bridgehead atoms. The summed E-state index contributed by atoms with van der Waals surface area (Å²) in [5, 5.41) is 2.37. The summed E-state index contributed by atoms with van der Waals surface area (Å²) in [7, 11) is 0. The second kappa shape index (κ2) is 5.42. The Kier molecular flexibility index (Phi) is 3.87. The van der Waals surface area contributed by atoms with Crippen molar-refractivity contribution >= 4 is 5.91 Å². The number of carbonyl (C=O) groups excluding carboxylic acids is 1. The number of carbonyl (C=O) groups is 1. The van der Waals surface area contributed by atoms with E-state index in [1.807, 2.05) is 0 Å². The summed E-state index contributed by atoms with van der Waals surface area (Å²) < 4.78 is 1.06. The van der Waals surface area contributed by atoms with Gasteiger partial charge in [0.1, 0.15) is 6.54 Å². The zero-order chi connectivity index (χ0) is 14.0. The summed E-state index contributed by atoms with van der Waals surface area (Å²) in [5.74, 6) is 0.820. The number of likely N-dealkylation sites (tertiary alicyclic amines) is 1. The van der Waals surface area contributed by atoms with Crippen LogP contribution in [-0.4, -0.2) is 33.7 Å². The van der Waals surface area contributed by atoms with Crippen LogP contribution in [-0.2, 0) is 11.3 Å². The SMILES string of the molecule is C[C@@H]1C[C@@H](C)CN(C(=O)Cn2[nH]c(=O)ccc2=O)C1. The van der Waals surface area contributed by atoms with Crippen LogP contribution in [0.25, 0.3) is 0 Å². The lowest BCUT2D eigenvalue weighted by molar-refractivity contribution is -0.134. The van der Waals surface area contributed by atoms with Crippen LogP contribution < -0.4 is 11.1 Å². The van der Waals surface area contributed by atoms with Crippen molar-refractivity contribution in [1.29, 1.82) is 0 Å². The molecule has 0 spiro atoms. The van der Waals surface area contributed by atoms with Gasteiger partial charge in [0.2, 0.25) is 5.91 Å². The smallest absolute Gasteiger partial charge is 0.265 e. The molecule has 6 nitrogen and oxygen atoms in total. The zero-order valence-electron chi connectivity index (χ0n) is 11.3. The van der Waals surface area contributed by atoms with E-state index in [2.05, 4.69) is 18.9 Å². The van der Waals surface area contributed by atoms with Gasteiger partial charge in [0.25, 0.3) is 11.1 Å². The predicted molar refractivity (Wildman–Crippen MR) is 70.8 cm³/mol. The van der Waals surface area contributed by atoms with Crippen LogP contribution in [0.15, 0.2) is 21.7 Å². The minimum atomic E-state index is -0.382. The first-order chi connectivity index (χ1) is 8.95. The third-order valence-electron chi connectivity index (χ3n) is 3.40. The summed E-state index contributed by atoms with van der Waals surface area (Å²) in [6, 6.07) is 2.34. The van der Waals surface area contributed by atoms with E-state index in [4.69, 9.17) is 0 Å². The van der Waals surface area contributed by atoms with E-state index in [-0.39, 0.29) is 23.6 Å². The van der Waals surface area contributed by atoms with Crippen LogP contribution in [0.1, 0.15) is 20.3 Å². The van der Waals surface area contributed by atoms with Crippen LogP contribution in [0.2, 0.25) is 0 Å². The minimum Gasteiger partial charge on any atom is -0.341 e. The molecule has 19 heavy (non-hydrogen) atoms. The molecule has 0 saturated carbocycles. The minimum absolute atomic E-state index is 0.103. The Hall–Kier alpha value is -1.85. The quantitative estimate of drug-likeness (QED) is 0.820. The van der Waals surface area contributed by atoms with E-state index in [0.29, 0.717) is 11.8 Å². The maximum absolute atomic E-state index is 12.2. The van der Waals surface area contributed by atoms with E-state index >= 15 is 0 Å². The van der Waals surface area contributed by atoms with Gasteiger partial charge in [0.05, 0.1) is 0 Å². The molecule has 0 aliphatic carbocycles. The number of aromatic nitrogens is 2. The van der Waals surface area contributed by atoms with Gasteiger partial charge in [-0.05, 0) is 18.3 Å². The van der Waals surface area contributed by atoms with Crippen molar-refractivity contribution in [1.82, 2.24) is 14.7 Å². The lowest BCUT2D eigenvalue weighted by Gasteiger charge is -2.35. The van der Waals surface area contributed by atoms with Gasteiger partial charge in [-0.3, -0.25) is 19.5 Å². The van der Waals surface area contributed by atoms with Crippen LogP contribution in [0.5, 0.6) is 0 Å². The largest absolute Gasteiger partial charge is 0.341 e. The van der Waals surface area contributed by atoms with Gasteiger partial charge in [-0.2, -0.15) is 0 Å². The van der Waals surface area contributed by atoms with Gasteiger partial charge in [-0.15, -0.1) is 0 Å². The maximum atomic E-state index is 12.2. The fourth-order valence-electron chi connectivity index (χ4n) is 2.68. The van der Waals surface area contributed by atoms with Crippen molar-refractivity contribution in [3.63, 3.8) is 0 Å². The topological polar surface area (TPSA) is 75.2 Å². The molecule has 0 unspecified atom stereocenters. The summed E-state index contributed by atoms with van der Waals surface area (Å²) in [4.78, 5) is 36.6. The first kappa shape index (κ1) is 13.6. The number of hydrogen-bond acceptors (Lipinski definition) is 3. The molecule has 2 rings (SSSR count). The predicted octanol–water partition coefficient (Wildman–Crippen LogP) is 0.0411. The Labute approximate surface area is 111 Å². The van der Waals surface area contributed by atoms with Crippen molar-refractivity contribution in [3.05, 3.63) is 32.8 Å². The average Bonchev–Trinajstić information content (AvgIpc) is 2.32. The number of piperidine rings is 1. The lowest BCUT2D eigenvalue weighted by atomic mass is 9.92. The number of hydrogen-bond donors (Lipinski definition) is 1. The van der Waals surface area contributed by atoms with Gasteiger partial charge < -0.3 is 4.90 Å². The Morgan fingerprint density at radius 2 is 1.89 bits per heavy atom. The fraction of sp³-hybridized carbons (Fsp3) is 0.615. The summed E-state index contributed by atoms with van der Waals surface area (Å²) in [5.41, 5.74) is -0.751. The standard InChI is InChI=1S/C13H19N3O3/c1-9-5-10(2)7-15(6-9)13(19)8-16-12(18)4-3-11(17)14-16/h3-4,9-10H,5-8H2,1-2H3,(H,14,17)/t9-,10-/m1/s1. The van der Waals surface area contributed by atoms with Crippen LogP contribution >= 0.6 is 0 Å². The Morgan fingerprint density at radius 3 is 2.53 bits per heavy atom. The molecule has 2 heterocycles. The van der Waals surface area contributed by atoms with Crippen LogP contribution in [0.3, 0.4) is 0 Å². The molecule has 0 radical (unpaired) electrons. The van der Waals surface area contributed by atoms with Gasteiger partial charge in [-0.25, -0.2) is 4.68 Å². The number of amides is 1. The Bertz CT molecular complexity index is 565. The van der Waals surface area contributed by atoms with Gasteiger partial charge in [0, 0.05) is 25.2 Å². The van der Waals surface area contributed by atoms with E-state index in [9.17, 15) is 14.4 Å². The number of nitrogens with one attached hydrogen (secondary N) is 1. The molecule has 1 N–H and O–H groups in total. The highest BCUT2D eigenvalue weighted by Gasteiger charge is 2.25. The van der Waals surface area contributed by atoms with Crippen molar-refractivity contribution in [3.8, 4) is 0 Å². The highest BCUT2D eigenvalue weighted by Crippen LogP contribution is 2.20. The molecule has 1 aromatic rings. The number of rotatable bonds is 2. The molecule has 104 valence electrons. The van der Waals surface area contributed by atoms with Crippen LogP contribution in [0, 0.1) is 11.8 Å². The van der Waals surface area contributed by atoms with Gasteiger partial charge in [0.15, 0.2) is 0 Å². The van der Waals surface area contributed by atoms with Gasteiger partial charge >= 0.3 is 0 Å². The number of aromatic amines is 1. The average molecular weight is 265 g/mol. The van der Waals surface area contributed by atoms with E-state index in [1.165, 1.54) is 6.07 Å². The summed E-state index contributed by atoms with van der Waals surface area (Å²) in [6.45, 7) is 5.57. The fourth-order valence-corrected chi connectivity index (χ4v) is 2.68. The van der Waals surface area contributed by atoms with E-state index < -0.39 is 0 Å². The van der Waals surface area contributed by atoms with Crippen molar-refractivity contribution in [2.75, 3.05) is 13.1 Å². The van der Waals surface area contributed by atoms with Crippen LogP contribution in [0.4, 0.5) is 0 Å². The second-order valence-corrected chi connectivity index (χ2v) is 5.48. The molecule has 6 heteroatoms. The number of H-pyrrole nitrogens is 1. The Balaban J connectivity index is 2.10. The first-order valence-corrected chi connectivity index (χ1v) is 6.53. The molecule has 1 amide bonds. The molecular formula is C13H19N3O3. The van der Waals surface area contributed by atoms with Crippen molar-refractivity contribution in [2.45, 2.75) is 26.8 Å². The summed E-state index contributed by atoms with van der Waals surface area (Å²) in [6.07, 6.45) is 1.12. The Morgan fingerprint density at radius 1 is 1.26 bits per heavy atom. The third-order valence-corrected chi connectivity index (χ3v) is 3.40. The first-order valence-electron chi connectivity index (χ1n) is 6.53. The summed E-state index contributed by atoms with van der Waals surface area (Å²) >= 11 is 0. The molecule has 2 atom stereocenters. The molecule has 0 aromatic carbocycles. The zero-order valence-corrected chi connectivity index (χ0v) is 11.3. The van der Waals surface area contributed by atoms with Crippen molar-refractivity contribution in [2.24, 2.45) is 11.8 Å². The lowest BCUT2D eigenvalue weighted by Crippen LogP contribution is -2.45. The van der Waals surface area contributed by atoms with E-state index in [1.54, 1.807) is 4.90 Å². The second-order valence-electron chi connectivity index (χ2n) is 5.48. The maximum Gasteiger partial charge on any atom is 0.265 e.